The number of amidine groups is 1. The van der Waals surface area contributed by atoms with Gasteiger partial charge in [-0.05, 0) is 34.1 Å². The minimum absolute atomic E-state index is 0.0463. The van der Waals surface area contributed by atoms with Crippen LogP contribution in [0.3, 0.4) is 0 Å². The Morgan fingerprint density at radius 3 is 2.81 bits per heavy atom. The lowest BCUT2D eigenvalue weighted by Gasteiger charge is -2.32. The lowest BCUT2D eigenvalue weighted by Crippen LogP contribution is -2.38. The van der Waals surface area contributed by atoms with Crippen molar-refractivity contribution in [2.75, 3.05) is 20.8 Å². The van der Waals surface area contributed by atoms with Gasteiger partial charge < -0.3 is 19.0 Å². The Morgan fingerprint density at radius 2 is 2.00 bits per heavy atom. The maximum Gasteiger partial charge on any atom is 0.228 e. The van der Waals surface area contributed by atoms with Crippen LogP contribution in [0.25, 0.3) is 10.9 Å². The van der Waals surface area contributed by atoms with Crippen LogP contribution < -0.4 is 4.74 Å². The summed E-state index contributed by atoms with van der Waals surface area (Å²) in [6, 6.07) is 12.2. The number of methoxy groups -OCH3 is 1. The third-order valence-corrected chi connectivity index (χ3v) is 5.31. The number of likely N-dealkylation sites (N-methyl/N-ethyl adjacent to an activating group) is 1. The third-order valence-electron chi connectivity index (χ3n) is 4.71. The minimum Gasteiger partial charge on any atom is -0.480 e. The van der Waals surface area contributed by atoms with Gasteiger partial charge in [-0.3, -0.25) is 0 Å². The van der Waals surface area contributed by atoms with Crippen LogP contribution in [0.5, 0.6) is 5.88 Å². The van der Waals surface area contributed by atoms with E-state index < -0.39 is 0 Å². The molecule has 4 rings (SSSR count). The predicted molar refractivity (Wildman–Crippen MR) is 104 cm³/mol. The number of para-hydroxylation sites is 1. The maximum absolute atomic E-state index is 5.58. The Hall–Kier alpha value is -2.54. The smallest absolute Gasteiger partial charge is 0.228 e. The molecule has 7 heteroatoms. The molecule has 0 spiro atoms. The molecule has 0 N–H and O–H groups in total. The van der Waals surface area contributed by atoms with Crippen molar-refractivity contribution in [3.05, 3.63) is 58.3 Å². The fourth-order valence-corrected chi connectivity index (χ4v) is 3.73. The quantitative estimate of drug-likeness (QED) is 0.655. The highest BCUT2D eigenvalue weighted by Crippen LogP contribution is 2.32. The molecule has 3 aromatic rings. The number of pyridine rings is 1. The molecule has 1 atom stereocenters. The van der Waals surface area contributed by atoms with Crippen molar-refractivity contribution in [3.63, 3.8) is 0 Å². The summed E-state index contributed by atoms with van der Waals surface area (Å²) in [5, 5.41) is 5.47. The second-order valence-corrected chi connectivity index (χ2v) is 7.09. The Kier molecular flexibility index (Phi) is 4.32. The van der Waals surface area contributed by atoms with Crippen molar-refractivity contribution < 1.29 is 9.57 Å². The molecule has 134 valence electrons. The van der Waals surface area contributed by atoms with Crippen molar-refractivity contribution >= 4 is 32.7 Å². The molecule has 1 aliphatic rings. The van der Waals surface area contributed by atoms with Crippen molar-refractivity contribution in [2.45, 2.75) is 6.04 Å². The second kappa shape index (κ2) is 6.64. The summed E-state index contributed by atoms with van der Waals surface area (Å²) >= 11 is 3.43. The van der Waals surface area contributed by atoms with E-state index >= 15 is 0 Å². The van der Waals surface area contributed by atoms with E-state index in [0.29, 0.717) is 24.0 Å². The first kappa shape index (κ1) is 16.9. The van der Waals surface area contributed by atoms with Gasteiger partial charge in [0.25, 0.3) is 0 Å². The zero-order valence-corrected chi connectivity index (χ0v) is 16.4. The highest BCUT2D eigenvalue weighted by molar-refractivity contribution is 9.10. The average Bonchev–Trinajstić information content (AvgIpc) is 2.99. The number of hydrogen-bond donors (Lipinski definition) is 0. The average molecular weight is 415 g/mol. The molecule has 0 saturated heterocycles. The molecule has 0 bridgehead atoms. The molecule has 0 amide bonds. The van der Waals surface area contributed by atoms with E-state index in [1.54, 1.807) is 7.11 Å². The molecule has 0 saturated carbocycles. The van der Waals surface area contributed by atoms with Gasteiger partial charge in [-0.1, -0.05) is 23.4 Å². The van der Waals surface area contributed by atoms with Crippen molar-refractivity contribution in [1.29, 1.82) is 0 Å². The van der Waals surface area contributed by atoms with Gasteiger partial charge in [0, 0.05) is 36.8 Å². The largest absolute Gasteiger partial charge is 0.480 e. The number of aryl methyl sites for hydroxylation is 1. The SMILES string of the molecule is COc1nc(C2=NOCC(c3cn(C)c4ccccc34)N2C)ccc1Br. The van der Waals surface area contributed by atoms with Gasteiger partial charge in [-0.25, -0.2) is 4.98 Å². The summed E-state index contributed by atoms with van der Waals surface area (Å²) in [6.07, 6.45) is 2.16. The molecule has 1 aliphatic heterocycles. The molecule has 3 heterocycles. The number of oxime groups is 1. The van der Waals surface area contributed by atoms with Gasteiger partial charge in [0.2, 0.25) is 5.88 Å². The van der Waals surface area contributed by atoms with Crippen LogP contribution in [0.15, 0.2) is 52.2 Å². The van der Waals surface area contributed by atoms with E-state index in [1.165, 1.54) is 16.5 Å². The molecule has 2 aromatic heterocycles. The summed E-state index contributed by atoms with van der Waals surface area (Å²) in [4.78, 5) is 12.2. The van der Waals surface area contributed by atoms with E-state index in [2.05, 4.69) is 73.0 Å². The standard InChI is InChI=1S/C19H19BrN4O2/c1-23-10-13(12-6-4-5-7-16(12)23)17-11-26-22-18(24(17)2)15-9-8-14(20)19(21-15)25-3/h4-10,17H,11H2,1-3H3. The number of halogens is 1. The monoisotopic (exact) mass is 414 g/mol. The van der Waals surface area contributed by atoms with Gasteiger partial charge in [0.15, 0.2) is 5.84 Å². The van der Waals surface area contributed by atoms with Crippen LogP contribution in [0.2, 0.25) is 0 Å². The third kappa shape index (κ3) is 2.72. The molecule has 0 radical (unpaired) electrons. The molecular weight excluding hydrogens is 396 g/mol. The van der Waals surface area contributed by atoms with Gasteiger partial charge >= 0.3 is 0 Å². The van der Waals surface area contributed by atoms with Gasteiger partial charge in [0.05, 0.1) is 17.6 Å². The molecule has 26 heavy (non-hydrogen) atoms. The van der Waals surface area contributed by atoms with Crippen LogP contribution in [-0.4, -0.2) is 41.1 Å². The summed E-state index contributed by atoms with van der Waals surface area (Å²) in [7, 11) is 5.67. The lowest BCUT2D eigenvalue weighted by molar-refractivity contribution is 0.0701. The molecule has 6 nitrogen and oxygen atoms in total. The maximum atomic E-state index is 5.58. The number of benzene rings is 1. The normalized spacial score (nSPS) is 17.2. The first-order valence-corrected chi connectivity index (χ1v) is 9.07. The van der Waals surface area contributed by atoms with Crippen molar-refractivity contribution in [3.8, 4) is 5.88 Å². The van der Waals surface area contributed by atoms with E-state index in [4.69, 9.17) is 9.57 Å². The highest BCUT2D eigenvalue weighted by atomic mass is 79.9. The first-order valence-electron chi connectivity index (χ1n) is 8.28. The summed E-state index contributed by atoms with van der Waals surface area (Å²) in [6.45, 7) is 0.488. The second-order valence-electron chi connectivity index (χ2n) is 6.24. The lowest BCUT2D eigenvalue weighted by atomic mass is 10.0. The van der Waals surface area contributed by atoms with Crippen LogP contribution in [-0.2, 0) is 11.9 Å². The predicted octanol–water partition coefficient (Wildman–Crippen LogP) is 3.71. The summed E-state index contributed by atoms with van der Waals surface area (Å²) in [5.74, 6) is 1.20. The number of ether oxygens (including phenoxy) is 1. The van der Waals surface area contributed by atoms with Gasteiger partial charge in [-0.15, -0.1) is 0 Å². The Morgan fingerprint density at radius 1 is 1.19 bits per heavy atom. The van der Waals surface area contributed by atoms with Gasteiger partial charge in [0.1, 0.15) is 12.3 Å². The molecule has 1 unspecified atom stereocenters. The fourth-order valence-electron chi connectivity index (χ4n) is 3.35. The van der Waals surface area contributed by atoms with E-state index in [9.17, 15) is 0 Å². The zero-order chi connectivity index (χ0) is 18.3. The van der Waals surface area contributed by atoms with E-state index in [-0.39, 0.29) is 6.04 Å². The Labute approximate surface area is 160 Å². The summed E-state index contributed by atoms with van der Waals surface area (Å²) < 4.78 is 8.25. The zero-order valence-electron chi connectivity index (χ0n) is 14.8. The summed E-state index contributed by atoms with van der Waals surface area (Å²) in [5.41, 5.74) is 3.11. The van der Waals surface area contributed by atoms with Crippen LogP contribution in [0.4, 0.5) is 0 Å². The van der Waals surface area contributed by atoms with Gasteiger partial charge in [-0.2, -0.15) is 0 Å². The number of fused-ring (bicyclic) bond motifs is 1. The van der Waals surface area contributed by atoms with Crippen LogP contribution in [0, 0.1) is 0 Å². The van der Waals surface area contributed by atoms with Crippen LogP contribution >= 0.6 is 15.9 Å². The minimum atomic E-state index is 0.0463. The first-order chi connectivity index (χ1) is 12.6. The number of rotatable bonds is 3. The van der Waals surface area contributed by atoms with E-state index in [0.717, 1.165) is 4.47 Å². The van der Waals surface area contributed by atoms with Crippen molar-refractivity contribution in [2.24, 2.45) is 12.2 Å². The highest BCUT2D eigenvalue weighted by Gasteiger charge is 2.29. The number of nitrogens with zero attached hydrogens (tertiary/aromatic N) is 4. The van der Waals surface area contributed by atoms with E-state index in [1.807, 2.05) is 19.2 Å². The van der Waals surface area contributed by atoms with Crippen molar-refractivity contribution in [1.82, 2.24) is 14.5 Å². The Bertz CT molecular complexity index is 998. The molecule has 1 aromatic carbocycles. The topological polar surface area (TPSA) is 51.9 Å². The molecule has 0 fully saturated rings. The Balaban J connectivity index is 1.74. The molecule has 0 aliphatic carbocycles. The molecular formula is C19H19BrN4O2. The number of hydrogen-bond acceptors (Lipinski definition) is 5. The van der Waals surface area contributed by atoms with Crippen LogP contribution in [0.1, 0.15) is 17.3 Å². The fraction of sp³-hybridized carbons (Fsp3) is 0.263. The number of aromatic nitrogens is 2.